The van der Waals surface area contributed by atoms with Gasteiger partial charge in [0.1, 0.15) is 18.0 Å². The number of likely N-dealkylation sites (tertiary alicyclic amines) is 1. The Balaban J connectivity index is 1.45. The van der Waals surface area contributed by atoms with Crippen molar-refractivity contribution in [3.8, 4) is 11.5 Å². The second kappa shape index (κ2) is 12.1. The van der Waals surface area contributed by atoms with Crippen LogP contribution in [0.2, 0.25) is 0 Å². The second-order valence-corrected chi connectivity index (χ2v) is 9.82. The monoisotopic (exact) mass is 522 g/mol. The lowest BCUT2D eigenvalue weighted by molar-refractivity contribution is -0.151. The van der Waals surface area contributed by atoms with E-state index in [4.69, 9.17) is 14.2 Å². The Kier molecular flexibility index (Phi) is 8.66. The Hall–Kier alpha value is -3.88. The number of esters is 1. The van der Waals surface area contributed by atoms with E-state index >= 15 is 0 Å². The highest BCUT2D eigenvalue weighted by Gasteiger charge is 2.33. The molecule has 2 aromatic rings. The van der Waals surface area contributed by atoms with Crippen molar-refractivity contribution in [1.29, 1.82) is 0 Å². The number of carbonyl (C=O) groups excluding carboxylic acids is 4. The molecule has 0 aliphatic carbocycles. The molecule has 2 heterocycles. The number of carbonyl (C=O) groups is 4. The fraction of sp³-hybridized carbons (Fsp3) is 0.448. The molecule has 9 nitrogen and oxygen atoms in total. The van der Waals surface area contributed by atoms with Gasteiger partial charge in [-0.1, -0.05) is 26.0 Å². The van der Waals surface area contributed by atoms with Crippen LogP contribution in [0.25, 0.3) is 0 Å². The summed E-state index contributed by atoms with van der Waals surface area (Å²) in [5.74, 6) is -0.229. The summed E-state index contributed by atoms with van der Waals surface area (Å²) < 4.78 is 16.4. The predicted octanol–water partition coefficient (Wildman–Crippen LogP) is 3.60. The van der Waals surface area contributed by atoms with E-state index in [2.05, 4.69) is 13.8 Å². The lowest BCUT2D eigenvalue weighted by Crippen LogP contribution is -2.49. The molecule has 38 heavy (non-hydrogen) atoms. The number of rotatable bonds is 9. The number of hydrogen-bond acceptors (Lipinski definition) is 7. The van der Waals surface area contributed by atoms with E-state index < -0.39 is 0 Å². The Morgan fingerprint density at radius 1 is 1.13 bits per heavy atom. The summed E-state index contributed by atoms with van der Waals surface area (Å²) in [7, 11) is 0. The lowest BCUT2D eigenvalue weighted by Gasteiger charge is -2.34. The SMILES string of the molecule is CCOC(=O)[C@H]1CCCN(C(=O)CN2C(=O)COc3ccc(C(=O)COc4cccc(C(C)C)c4)cc32)C1. The van der Waals surface area contributed by atoms with Crippen molar-refractivity contribution in [1.82, 2.24) is 4.90 Å². The Morgan fingerprint density at radius 3 is 2.71 bits per heavy atom. The van der Waals surface area contributed by atoms with E-state index in [9.17, 15) is 19.2 Å². The van der Waals surface area contributed by atoms with Gasteiger partial charge in [0.15, 0.2) is 19.0 Å². The zero-order valence-corrected chi connectivity index (χ0v) is 22.1. The highest BCUT2D eigenvalue weighted by molar-refractivity contribution is 6.04. The summed E-state index contributed by atoms with van der Waals surface area (Å²) >= 11 is 0. The van der Waals surface area contributed by atoms with Crippen LogP contribution < -0.4 is 14.4 Å². The third-order valence-electron chi connectivity index (χ3n) is 6.81. The van der Waals surface area contributed by atoms with Crippen molar-refractivity contribution in [2.75, 3.05) is 44.4 Å². The minimum absolute atomic E-state index is 0.170. The Morgan fingerprint density at radius 2 is 1.95 bits per heavy atom. The maximum Gasteiger partial charge on any atom is 0.310 e. The molecule has 2 aromatic carbocycles. The molecule has 2 aliphatic rings. The fourth-order valence-corrected chi connectivity index (χ4v) is 4.64. The van der Waals surface area contributed by atoms with Crippen LogP contribution in [0.1, 0.15) is 55.5 Å². The molecule has 2 aliphatic heterocycles. The van der Waals surface area contributed by atoms with Crippen LogP contribution in [0.3, 0.4) is 0 Å². The number of nitrogens with zero attached hydrogens (tertiary/aromatic N) is 2. The summed E-state index contributed by atoms with van der Waals surface area (Å²) in [5.41, 5.74) is 1.82. The summed E-state index contributed by atoms with van der Waals surface area (Å²) in [4.78, 5) is 54.0. The van der Waals surface area contributed by atoms with Crippen molar-refractivity contribution in [2.45, 2.75) is 39.5 Å². The van der Waals surface area contributed by atoms with Crippen molar-refractivity contribution in [3.05, 3.63) is 53.6 Å². The third-order valence-corrected chi connectivity index (χ3v) is 6.81. The van der Waals surface area contributed by atoms with Crippen LogP contribution in [-0.2, 0) is 19.1 Å². The van der Waals surface area contributed by atoms with Gasteiger partial charge in [0, 0.05) is 18.7 Å². The molecule has 0 N–H and O–H groups in total. The van der Waals surface area contributed by atoms with Crippen LogP contribution in [-0.4, -0.2) is 67.9 Å². The minimum atomic E-state index is -0.379. The number of piperidine rings is 1. The molecule has 0 aromatic heterocycles. The van der Waals surface area contributed by atoms with Crippen LogP contribution in [0.15, 0.2) is 42.5 Å². The largest absolute Gasteiger partial charge is 0.485 e. The molecule has 0 spiro atoms. The van der Waals surface area contributed by atoms with Crippen LogP contribution in [0.5, 0.6) is 11.5 Å². The second-order valence-electron chi connectivity index (χ2n) is 9.82. The van der Waals surface area contributed by atoms with Gasteiger partial charge in [-0.15, -0.1) is 0 Å². The van der Waals surface area contributed by atoms with E-state index in [1.54, 1.807) is 36.1 Å². The van der Waals surface area contributed by atoms with Gasteiger partial charge in [-0.05, 0) is 61.6 Å². The molecular weight excluding hydrogens is 488 g/mol. The number of fused-ring (bicyclic) bond motifs is 1. The minimum Gasteiger partial charge on any atom is -0.485 e. The number of ether oxygens (including phenoxy) is 3. The van der Waals surface area contributed by atoms with Gasteiger partial charge in [0.05, 0.1) is 18.2 Å². The highest BCUT2D eigenvalue weighted by Crippen LogP contribution is 2.33. The summed E-state index contributed by atoms with van der Waals surface area (Å²) in [6, 6.07) is 12.4. The molecule has 0 unspecified atom stereocenters. The first-order valence-electron chi connectivity index (χ1n) is 13.0. The molecular formula is C29H34N2O7. The van der Waals surface area contributed by atoms with E-state index in [1.807, 2.05) is 18.2 Å². The molecule has 9 heteroatoms. The number of benzene rings is 2. The lowest BCUT2D eigenvalue weighted by atomic mass is 9.98. The van der Waals surface area contributed by atoms with Crippen LogP contribution >= 0.6 is 0 Å². The van der Waals surface area contributed by atoms with Gasteiger partial charge in [-0.2, -0.15) is 0 Å². The van der Waals surface area contributed by atoms with Gasteiger partial charge in [-0.3, -0.25) is 24.1 Å². The smallest absolute Gasteiger partial charge is 0.310 e. The van der Waals surface area contributed by atoms with Crippen LogP contribution in [0, 0.1) is 5.92 Å². The molecule has 0 bridgehead atoms. The molecule has 4 rings (SSSR count). The van der Waals surface area contributed by atoms with Crippen molar-refractivity contribution < 1.29 is 33.4 Å². The number of anilines is 1. The van der Waals surface area contributed by atoms with Crippen molar-refractivity contribution in [2.24, 2.45) is 5.92 Å². The zero-order valence-electron chi connectivity index (χ0n) is 22.1. The Bertz CT molecular complexity index is 1210. The molecule has 1 saturated heterocycles. The van der Waals surface area contributed by atoms with Gasteiger partial charge in [0.25, 0.3) is 5.91 Å². The zero-order chi connectivity index (χ0) is 27.2. The summed E-state index contributed by atoms with van der Waals surface area (Å²) in [6.07, 6.45) is 1.35. The van der Waals surface area contributed by atoms with Gasteiger partial charge in [0.2, 0.25) is 5.91 Å². The maximum absolute atomic E-state index is 13.2. The number of hydrogen-bond donors (Lipinski definition) is 0. The van der Waals surface area contributed by atoms with Gasteiger partial charge >= 0.3 is 5.97 Å². The Labute approximate surface area is 222 Å². The fourth-order valence-electron chi connectivity index (χ4n) is 4.64. The molecule has 202 valence electrons. The predicted molar refractivity (Wildman–Crippen MR) is 141 cm³/mol. The maximum atomic E-state index is 13.2. The first-order valence-corrected chi connectivity index (χ1v) is 13.0. The van der Waals surface area contributed by atoms with E-state index in [1.165, 1.54) is 4.90 Å². The van der Waals surface area contributed by atoms with Crippen molar-refractivity contribution in [3.63, 3.8) is 0 Å². The number of ketones is 1. The molecule has 0 saturated carbocycles. The normalized spacial score (nSPS) is 17.1. The average molecular weight is 523 g/mol. The average Bonchev–Trinajstić information content (AvgIpc) is 2.93. The summed E-state index contributed by atoms with van der Waals surface area (Å²) in [5, 5.41) is 0. The molecule has 1 atom stereocenters. The van der Waals surface area contributed by atoms with E-state index in [0.29, 0.717) is 54.7 Å². The topological polar surface area (TPSA) is 102 Å². The molecule has 2 amide bonds. The quantitative estimate of drug-likeness (QED) is 0.366. The first-order chi connectivity index (χ1) is 18.3. The van der Waals surface area contributed by atoms with E-state index in [-0.39, 0.29) is 55.8 Å². The van der Waals surface area contributed by atoms with Crippen molar-refractivity contribution >= 4 is 29.3 Å². The number of amides is 2. The first kappa shape index (κ1) is 27.2. The number of Topliss-reactive ketones (excluding diaryl/α,β-unsaturated/α-hetero) is 1. The molecule has 0 radical (unpaired) electrons. The van der Waals surface area contributed by atoms with Gasteiger partial charge in [-0.25, -0.2) is 0 Å². The summed E-state index contributed by atoms with van der Waals surface area (Å²) in [6.45, 7) is 6.40. The highest BCUT2D eigenvalue weighted by atomic mass is 16.5. The third kappa shape index (κ3) is 6.33. The van der Waals surface area contributed by atoms with E-state index in [0.717, 1.165) is 5.56 Å². The molecule has 1 fully saturated rings. The standard InChI is InChI=1S/C29H34N2O7/c1-4-36-29(35)22-8-6-12-30(15-22)27(33)16-31-24-14-21(10-11-26(24)38-18-28(31)34)25(32)17-37-23-9-5-7-20(13-23)19(2)3/h5,7,9-11,13-14,19,22H,4,6,8,12,15-18H2,1-3H3/t22-/m0/s1. The van der Waals surface area contributed by atoms with Crippen LogP contribution in [0.4, 0.5) is 5.69 Å². The van der Waals surface area contributed by atoms with Gasteiger partial charge < -0.3 is 19.1 Å².